The zero-order chi connectivity index (χ0) is 8.85. The lowest BCUT2D eigenvalue weighted by atomic mass is 10.4. The number of hydrogen-bond donors (Lipinski definition) is 1. The Morgan fingerprint density at radius 2 is 1.45 bits per heavy atom. The molecule has 0 unspecified atom stereocenters. The largest absolute Gasteiger partial charge is 0.300 e. The highest BCUT2D eigenvalue weighted by Gasteiger charge is 2.15. The summed E-state index contributed by atoms with van der Waals surface area (Å²) in [5.41, 5.74) is 0. The molecule has 1 aliphatic heterocycles. The predicted octanol–water partition coefficient (Wildman–Crippen LogP) is 0.0183. The Labute approximate surface area is 65.0 Å². The van der Waals surface area contributed by atoms with Gasteiger partial charge in [0.2, 0.25) is 11.8 Å². The van der Waals surface area contributed by atoms with Crippen LogP contribution in [0.1, 0.15) is 26.7 Å². The van der Waals surface area contributed by atoms with Crippen LogP contribution in [-0.2, 0) is 14.4 Å². The Kier molecular flexibility index (Phi) is 4.10. The van der Waals surface area contributed by atoms with Gasteiger partial charge in [-0.25, -0.2) is 0 Å². The van der Waals surface area contributed by atoms with E-state index in [1.54, 1.807) is 0 Å². The van der Waals surface area contributed by atoms with Crippen molar-refractivity contribution in [1.29, 1.82) is 0 Å². The molecule has 0 aromatic carbocycles. The maximum absolute atomic E-state index is 10.1. The summed E-state index contributed by atoms with van der Waals surface area (Å²) in [6.45, 7) is 3.06. The number of hydrogen-bond acceptors (Lipinski definition) is 3. The van der Waals surface area contributed by atoms with Crippen molar-refractivity contribution in [2.45, 2.75) is 26.7 Å². The van der Waals surface area contributed by atoms with E-state index in [0.29, 0.717) is 12.8 Å². The van der Waals surface area contributed by atoms with Gasteiger partial charge in [-0.05, 0) is 13.8 Å². The highest BCUT2D eigenvalue weighted by atomic mass is 16.2. The smallest absolute Gasteiger partial charge is 0.227 e. The minimum absolute atomic E-state index is 0.148. The van der Waals surface area contributed by atoms with Crippen LogP contribution < -0.4 is 5.32 Å². The Hall–Kier alpha value is -1.19. The number of carbonyl (C=O) groups is 3. The standard InChI is InChI=1S/C4H5NO2.C3H6O/c6-3-1-2-4(7)5-3;1-3(2)4/h1-2H2,(H,5,6,7);1-2H3. The van der Waals surface area contributed by atoms with Crippen LogP contribution in [0.4, 0.5) is 0 Å². The fourth-order valence-corrected chi connectivity index (χ4v) is 0.508. The lowest BCUT2D eigenvalue weighted by Gasteiger charge is -1.79. The van der Waals surface area contributed by atoms with Gasteiger partial charge in [0.1, 0.15) is 5.78 Å². The van der Waals surface area contributed by atoms with Gasteiger partial charge in [0.05, 0.1) is 0 Å². The van der Waals surface area contributed by atoms with Crippen LogP contribution in [0.25, 0.3) is 0 Å². The van der Waals surface area contributed by atoms with Gasteiger partial charge in [0.25, 0.3) is 0 Å². The Morgan fingerprint density at radius 3 is 1.55 bits per heavy atom. The van der Waals surface area contributed by atoms with E-state index in [1.807, 2.05) is 0 Å². The van der Waals surface area contributed by atoms with Crippen LogP contribution in [0.5, 0.6) is 0 Å². The van der Waals surface area contributed by atoms with Crippen LogP contribution in [0.2, 0.25) is 0 Å². The number of Topliss-reactive ketones (excluding diaryl/α,β-unsaturated/α-hetero) is 1. The molecule has 0 aromatic rings. The second kappa shape index (κ2) is 4.60. The van der Waals surface area contributed by atoms with Crippen molar-refractivity contribution < 1.29 is 14.4 Å². The molecule has 1 heterocycles. The molecule has 1 saturated heterocycles. The van der Waals surface area contributed by atoms with Crippen molar-refractivity contribution in [3.05, 3.63) is 0 Å². The first-order chi connectivity index (χ1) is 5.02. The number of carbonyl (C=O) groups excluding carboxylic acids is 3. The number of rotatable bonds is 0. The van der Waals surface area contributed by atoms with E-state index >= 15 is 0 Å². The molecule has 0 bridgehead atoms. The number of ketones is 1. The van der Waals surface area contributed by atoms with Crippen LogP contribution in [0, 0.1) is 0 Å². The topological polar surface area (TPSA) is 63.2 Å². The van der Waals surface area contributed by atoms with E-state index in [9.17, 15) is 14.4 Å². The summed E-state index contributed by atoms with van der Waals surface area (Å²) in [7, 11) is 0. The molecule has 1 rings (SSSR count). The molecule has 0 radical (unpaired) electrons. The fourth-order valence-electron chi connectivity index (χ4n) is 0.508. The lowest BCUT2D eigenvalue weighted by Crippen LogP contribution is -2.18. The summed E-state index contributed by atoms with van der Waals surface area (Å²) in [5.74, 6) is -0.130. The summed E-state index contributed by atoms with van der Waals surface area (Å²) >= 11 is 0. The van der Waals surface area contributed by atoms with Crippen molar-refractivity contribution in [3.8, 4) is 0 Å². The molecule has 0 spiro atoms. The first-order valence-electron chi connectivity index (χ1n) is 3.32. The average molecular weight is 157 g/mol. The summed E-state index contributed by atoms with van der Waals surface area (Å²) in [6.07, 6.45) is 0.748. The molecule has 11 heavy (non-hydrogen) atoms. The second-order valence-corrected chi connectivity index (χ2v) is 2.38. The van der Waals surface area contributed by atoms with Gasteiger partial charge >= 0.3 is 0 Å². The molecule has 4 nitrogen and oxygen atoms in total. The van der Waals surface area contributed by atoms with Gasteiger partial charge in [0.15, 0.2) is 0 Å². The molecular weight excluding hydrogens is 146 g/mol. The molecule has 1 aliphatic rings. The van der Waals surface area contributed by atoms with Crippen molar-refractivity contribution >= 4 is 17.6 Å². The molecule has 2 amide bonds. The first-order valence-corrected chi connectivity index (χ1v) is 3.32. The molecule has 1 fully saturated rings. The van der Waals surface area contributed by atoms with Gasteiger partial charge < -0.3 is 4.79 Å². The zero-order valence-electron chi connectivity index (χ0n) is 6.64. The zero-order valence-corrected chi connectivity index (χ0v) is 6.64. The normalized spacial score (nSPS) is 15.1. The summed E-state index contributed by atoms with van der Waals surface area (Å²) in [6, 6.07) is 0. The SMILES string of the molecule is CC(C)=O.O=C1CCC(=O)N1. The van der Waals surface area contributed by atoms with Crippen molar-refractivity contribution in [2.24, 2.45) is 0 Å². The van der Waals surface area contributed by atoms with E-state index in [2.05, 4.69) is 5.32 Å². The lowest BCUT2D eigenvalue weighted by molar-refractivity contribution is -0.124. The molecule has 0 aliphatic carbocycles. The highest BCUT2D eigenvalue weighted by Crippen LogP contribution is 1.95. The van der Waals surface area contributed by atoms with Gasteiger partial charge in [0, 0.05) is 12.8 Å². The molecule has 0 aromatic heterocycles. The Morgan fingerprint density at radius 1 is 1.18 bits per heavy atom. The van der Waals surface area contributed by atoms with Crippen LogP contribution >= 0.6 is 0 Å². The fraction of sp³-hybridized carbons (Fsp3) is 0.571. The molecule has 62 valence electrons. The number of imide groups is 1. The van der Waals surface area contributed by atoms with Crippen molar-refractivity contribution in [2.75, 3.05) is 0 Å². The third kappa shape index (κ3) is 6.70. The van der Waals surface area contributed by atoms with E-state index in [0.717, 1.165) is 0 Å². The average Bonchev–Trinajstić information content (AvgIpc) is 2.13. The molecular formula is C7H11NO3. The summed E-state index contributed by atoms with van der Waals surface area (Å²) in [5, 5.41) is 2.14. The Balaban J connectivity index is 0.000000218. The van der Waals surface area contributed by atoms with E-state index in [1.165, 1.54) is 13.8 Å². The number of amides is 2. The van der Waals surface area contributed by atoms with E-state index in [-0.39, 0.29) is 17.6 Å². The first kappa shape index (κ1) is 9.81. The van der Waals surface area contributed by atoms with Gasteiger partial charge in [-0.2, -0.15) is 0 Å². The predicted molar refractivity (Wildman–Crippen MR) is 38.7 cm³/mol. The van der Waals surface area contributed by atoms with Crippen LogP contribution in [0.3, 0.4) is 0 Å². The van der Waals surface area contributed by atoms with Gasteiger partial charge in [-0.3, -0.25) is 14.9 Å². The van der Waals surface area contributed by atoms with Crippen LogP contribution in [0.15, 0.2) is 0 Å². The minimum atomic E-state index is -0.148. The second-order valence-electron chi connectivity index (χ2n) is 2.38. The Bertz CT molecular complexity index is 168. The van der Waals surface area contributed by atoms with Crippen molar-refractivity contribution in [3.63, 3.8) is 0 Å². The van der Waals surface area contributed by atoms with Crippen LogP contribution in [-0.4, -0.2) is 17.6 Å². The maximum atomic E-state index is 10.1. The summed E-state index contributed by atoms with van der Waals surface area (Å²) in [4.78, 5) is 29.7. The number of nitrogens with one attached hydrogen (secondary N) is 1. The molecule has 0 saturated carbocycles. The maximum Gasteiger partial charge on any atom is 0.227 e. The highest BCUT2D eigenvalue weighted by molar-refractivity contribution is 6.01. The van der Waals surface area contributed by atoms with E-state index < -0.39 is 0 Å². The molecule has 1 N–H and O–H groups in total. The quantitative estimate of drug-likeness (QED) is 0.504. The minimum Gasteiger partial charge on any atom is -0.300 e. The molecule has 0 atom stereocenters. The third-order valence-electron chi connectivity index (χ3n) is 0.858. The van der Waals surface area contributed by atoms with Crippen molar-refractivity contribution in [1.82, 2.24) is 5.32 Å². The third-order valence-corrected chi connectivity index (χ3v) is 0.858. The van der Waals surface area contributed by atoms with E-state index in [4.69, 9.17) is 0 Å². The molecule has 4 heteroatoms. The van der Waals surface area contributed by atoms with Gasteiger partial charge in [-0.1, -0.05) is 0 Å². The monoisotopic (exact) mass is 157 g/mol. The van der Waals surface area contributed by atoms with Gasteiger partial charge in [-0.15, -0.1) is 0 Å². The summed E-state index contributed by atoms with van der Waals surface area (Å²) < 4.78 is 0.